The van der Waals surface area contributed by atoms with Crippen molar-refractivity contribution in [3.05, 3.63) is 0 Å². The van der Waals surface area contributed by atoms with E-state index in [0.29, 0.717) is 12.8 Å². The highest BCUT2D eigenvalue weighted by Gasteiger charge is 2.67. The van der Waals surface area contributed by atoms with Crippen LogP contribution in [-0.4, -0.2) is 18.5 Å². The fourth-order valence-corrected chi connectivity index (χ4v) is 2.00. The average Bonchev–Trinajstić information content (AvgIpc) is 1.88. The van der Waals surface area contributed by atoms with Crippen LogP contribution in [0.5, 0.6) is 0 Å². The maximum atomic E-state index is 13.0. The van der Waals surface area contributed by atoms with Crippen molar-refractivity contribution in [3.63, 3.8) is 0 Å². The van der Waals surface area contributed by atoms with E-state index in [2.05, 4.69) is 5.32 Å². The quantitative estimate of drug-likeness (QED) is 0.546. The van der Waals surface area contributed by atoms with E-state index in [4.69, 9.17) is 0 Å². The monoisotopic (exact) mass is 147 g/mol. The lowest BCUT2D eigenvalue weighted by molar-refractivity contribution is -0.238. The van der Waals surface area contributed by atoms with Gasteiger partial charge in [0.15, 0.2) is 0 Å². The van der Waals surface area contributed by atoms with Crippen molar-refractivity contribution in [2.24, 2.45) is 5.41 Å². The molecule has 1 saturated carbocycles. The van der Waals surface area contributed by atoms with Crippen LogP contribution in [0.3, 0.4) is 0 Å². The number of halogens is 2. The minimum Gasteiger partial charge on any atom is -0.309 e. The van der Waals surface area contributed by atoms with Crippen LogP contribution in [0.2, 0.25) is 0 Å². The maximum absolute atomic E-state index is 13.0. The molecule has 2 bridgehead atoms. The average molecular weight is 147 g/mol. The fraction of sp³-hybridized carbons (Fsp3) is 1.00. The van der Waals surface area contributed by atoms with Gasteiger partial charge in [0.1, 0.15) is 0 Å². The number of alkyl halides is 2. The van der Waals surface area contributed by atoms with Gasteiger partial charge in [-0.25, -0.2) is 8.78 Å². The van der Waals surface area contributed by atoms with Gasteiger partial charge in [0.25, 0.3) is 5.92 Å². The Bertz CT molecular complexity index is 162. The van der Waals surface area contributed by atoms with E-state index in [1.807, 2.05) is 0 Å². The summed E-state index contributed by atoms with van der Waals surface area (Å²) in [5, 5.41) is 2.81. The molecule has 3 aliphatic rings. The number of rotatable bonds is 0. The van der Waals surface area contributed by atoms with Gasteiger partial charge in [0.2, 0.25) is 0 Å². The summed E-state index contributed by atoms with van der Waals surface area (Å²) in [5.41, 5.74) is -0.678. The molecule has 2 saturated heterocycles. The topological polar surface area (TPSA) is 12.0 Å². The molecule has 0 radical (unpaired) electrons. The molecule has 0 aromatic carbocycles. The largest absolute Gasteiger partial charge is 0.309 e. The zero-order chi connectivity index (χ0) is 7.41. The van der Waals surface area contributed by atoms with Gasteiger partial charge in [-0.15, -0.1) is 0 Å². The third-order valence-corrected chi connectivity index (χ3v) is 2.96. The van der Waals surface area contributed by atoms with Crippen molar-refractivity contribution < 1.29 is 8.78 Å². The van der Waals surface area contributed by atoms with E-state index in [1.165, 1.54) is 0 Å². The van der Waals surface area contributed by atoms with Crippen LogP contribution < -0.4 is 5.32 Å². The SMILES string of the molecule is C[C@@]12CCNC(C1)C2(F)F. The van der Waals surface area contributed by atoms with Gasteiger partial charge in [-0.1, -0.05) is 6.92 Å². The zero-order valence-corrected chi connectivity index (χ0v) is 5.95. The molecular weight excluding hydrogens is 136 g/mol. The first kappa shape index (κ1) is 6.53. The Labute approximate surface area is 58.8 Å². The molecule has 10 heavy (non-hydrogen) atoms. The third-order valence-electron chi connectivity index (χ3n) is 2.96. The second-order valence-corrected chi connectivity index (χ2v) is 3.64. The first-order valence-electron chi connectivity index (χ1n) is 3.67. The Morgan fingerprint density at radius 2 is 2.20 bits per heavy atom. The van der Waals surface area contributed by atoms with Gasteiger partial charge in [-0.2, -0.15) is 0 Å². The second-order valence-electron chi connectivity index (χ2n) is 3.64. The van der Waals surface area contributed by atoms with Gasteiger partial charge >= 0.3 is 0 Å². The van der Waals surface area contributed by atoms with Crippen LogP contribution in [0.15, 0.2) is 0 Å². The summed E-state index contributed by atoms with van der Waals surface area (Å²) < 4.78 is 25.9. The van der Waals surface area contributed by atoms with Gasteiger partial charge in [0, 0.05) is 5.41 Å². The van der Waals surface area contributed by atoms with E-state index < -0.39 is 17.4 Å². The fourth-order valence-electron chi connectivity index (χ4n) is 2.00. The highest BCUT2D eigenvalue weighted by atomic mass is 19.3. The Balaban J connectivity index is 2.24. The Hall–Kier alpha value is -0.180. The van der Waals surface area contributed by atoms with E-state index in [1.54, 1.807) is 6.92 Å². The molecule has 1 nitrogen and oxygen atoms in total. The summed E-state index contributed by atoms with van der Waals surface area (Å²) >= 11 is 0. The molecule has 58 valence electrons. The summed E-state index contributed by atoms with van der Waals surface area (Å²) in [7, 11) is 0. The highest BCUT2D eigenvalue weighted by Crippen LogP contribution is 2.57. The normalized spacial score (nSPS) is 50.1. The first-order valence-corrected chi connectivity index (χ1v) is 3.67. The molecule has 3 rings (SSSR count). The van der Waals surface area contributed by atoms with Gasteiger partial charge in [-0.05, 0) is 19.4 Å². The van der Waals surface area contributed by atoms with Crippen molar-refractivity contribution in [2.75, 3.05) is 6.54 Å². The molecule has 2 atom stereocenters. The molecule has 2 aliphatic heterocycles. The number of hydrogen-bond donors (Lipinski definition) is 1. The van der Waals surface area contributed by atoms with Crippen LogP contribution >= 0.6 is 0 Å². The first-order chi connectivity index (χ1) is 4.56. The van der Waals surface area contributed by atoms with Crippen molar-refractivity contribution >= 4 is 0 Å². The minimum absolute atomic E-state index is 0.522. The molecule has 1 aliphatic carbocycles. The van der Waals surface area contributed by atoms with Crippen LogP contribution in [0, 0.1) is 5.41 Å². The summed E-state index contributed by atoms with van der Waals surface area (Å²) in [6.07, 6.45) is 1.27. The lowest BCUT2D eigenvalue weighted by atomic mass is 9.59. The number of fused-ring (bicyclic) bond motifs is 2. The predicted molar refractivity (Wildman–Crippen MR) is 34.1 cm³/mol. The summed E-state index contributed by atoms with van der Waals surface area (Å²) in [4.78, 5) is 0. The van der Waals surface area contributed by atoms with Crippen molar-refractivity contribution in [3.8, 4) is 0 Å². The standard InChI is InChI=1S/C7H11F2N/c1-6-2-3-10-5(4-6)7(6,8)9/h5,10H,2-4H2,1H3/t5?,6-/m1/s1. The lowest BCUT2D eigenvalue weighted by Gasteiger charge is -2.57. The molecular formula is C7H11F2N. The minimum atomic E-state index is -2.44. The van der Waals surface area contributed by atoms with Crippen molar-refractivity contribution in [2.45, 2.75) is 31.7 Å². The third kappa shape index (κ3) is 0.506. The Morgan fingerprint density at radius 1 is 1.50 bits per heavy atom. The molecule has 0 spiro atoms. The molecule has 0 amide bonds. The van der Waals surface area contributed by atoms with Crippen molar-refractivity contribution in [1.29, 1.82) is 0 Å². The Kier molecular flexibility index (Phi) is 0.994. The predicted octanol–water partition coefficient (Wildman–Crippen LogP) is 1.39. The summed E-state index contributed by atoms with van der Waals surface area (Å²) in [5.74, 6) is -2.44. The van der Waals surface area contributed by atoms with Crippen LogP contribution in [0.1, 0.15) is 19.8 Å². The van der Waals surface area contributed by atoms with Crippen LogP contribution in [0.25, 0.3) is 0 Å². The van der Waals surface area contributed by atoms with E-state index in [-0.39, 0.29) is 0 Å². The molecule has 1 unspecified atom stereocenters. The van der Waals surface area contributed by atoms with Crippen LogP contribution in [0.4, 0.5) is 8.78 Å². The Morgan fingerprint density at radius 3 is 2.50 bits per heavy atom. The van der Waals surface area contributed by atoms with Gasteiger partial charge < -0.3 is 5.32 Å². The second kappa shape index (κ2) is 1.52. The molecule has 2 heterocycles. The molecule has 0 aromatic rings. The maximum Gasteiger partial charge on any atom is 0.268 e. The number of hydrogen-bond acceptors (Lipinski definition) is 1. The zero-order valence-electron chi connectivity index (χ0n) is 5.95. The van der Waals surface area contributed by atoms with Gasteiger partial charge in [-0.3, -0.25) is 0 Å². The van der Waals surface area contributed by atoms with Crippen molar-refractivity contribution in [1.82, 2.24) is 5.32 Å². The van der Waals surface area contributed by atoms with E-state index >= 15 is 0 Å². The smallest absolute Gasteiger partial charge is 0.268 e. The summed E-state index contributed by atoms with van der Waals surface area (Å²) in [6, 6.07) is -0.522. The molecule has 1 N–H and O–H groups in total. The summed E-state index contributed by atoms with van der Waals surface area (Å²) in [6.45, 7) is 2.45. The lowest BCUT2D eigenvalue weighted by Crippen LogP contribution is -2.70. The van der Waals surface area contributed by atoms with Crippen LogP contribution in [-0.2, 0) is 0 Å². The van der Waals surface area contributed by atoms with E-state index in [0.717, 1.165) is 6.54 Å². The number of piperidine rings is 2. The van der Waals surface area contributed by atoms with E-state index in [9.17, 15) is 8.78 Å². The number of nitrogens with one attached hydrogen (secondary N) is 1. The molecule has 3 heteroatoms. The van der Waals surface area contributed by atoms with Gasteiger partial charge in [0.05, 0.1) is 6.04 Å². The molecule has 0 aromatic heterocycles. The molecule has 3 fully saturated rings. The highest BCUT2D eigenvalue weighted by molar-refractivity contribution is 5.12.